The van der Waals surface area contributed by atoms with Crippen molar-refractivity contribution in [2.75, 3.05) is 0 Å². The van der Waals surface area contributed by atoms with Crippen LogP contribution in [-0.2, 0) is 0 Å². The van der Waals surface area contributed by atoms with E-state index in [-0.39, 0.29) is 5.92 Å². The molecule has 0 bridgehead atoms. The first-order valence-corrected chi connectivity index (χ1v) is 13.8. The quantitative estimate of drug-likeness (QED) is 0.198. The second-order valence-corrected chi connectivity index (χ2v) is 10.9. The van der Waals surface area contributed by atoms with Crippen LogP contribution in [0.3, 0.4) is 0 Å². The zero-order valence-electron chi connectivity index (χ0n) is 21.7. The highest BCUT2D eigenvalue weighted by atomic mass is 14.7. The molecule has 40 heavy (non-hydrogen) atoms. The molecule has 0 amide bonds. The molecule has 0 fully saturated rings. The molecule has 188 valence electrons. The number of aromatic amines is 3. The molecule has 0 radical (unpaired) electrons. The predicted molar refractivity (Wildman–Crippen MR) is 168 cm³/mol. The molecule has 9 rings (SSSR count). The highest BCUT2D eigenvalue weighted by Crippen LogP contribution is 2.39. The highest BCUT2D eigenvalue weighted by molar-refractivity contribution is 6.09. The van der Waals surface area contributed by atoms with Gasteiger partial charge in [-0.15, -0.1) is 0 Å². The number of para-hydroxylation sites is 3. The Morgan fingerprint density at radius 1 is 0.300 bits per heavy atom. The average molecular weight is 512 g/mol. The van der Waals surface area contributed by atoms with E-state index in [0.717, 1.165) is 0 Å². The molecule has 0 unspecified atom stereocenters. The number of H-pyrrole nitrogens is 3. The minimum Gasteiger partial charge on any atom is -0.355 e. The van der Waals surface area contributed by atoms with E-state index in [4.69, 9.17) is 0 Å². The second kappa shape index (κ2) is 8.11. The Morgan fingerprint density at radius 3 is 0.950 bits per heavy atom. The first-order valence-electron chi connectivity index (χ1n) is 13.8. The number of rotatable bonds is 3. The Balaban J connectivity index is 1.32. The monoisotopic (exact) mass is 511 g/mol. The van der Waals surface area contributed by atoms with Crippen molar-refractivity contribution in [3.8, 4) is 0 Å². The lowest BCUT2D eigenvalue weighted by atomic mass is 9.83. The van der Waals surface area contributed by atoms with Crippen molar-refractivity contribution < 1.29 is 0 Å². The van der Waals surface area contributed by atoms with E-state index in [2.05, 4.69) is 142 Å². The van der Waals surface area contributed by atoms with Gasteiger partial charge in [-0.05, 0) is 71.3 Å². The second-order valence-electron chi connectivity index (χ2n) is 10.9. The van der Waals surface area contributed by atoms with Gasteiger partial charge in [-0.25, -0.2) is 0 Å². The van der Waals surface area contributed by atoms with Gasteiger partial charge in [0.05, 0.1) is 0 Å². The zero-order chi connectivity index (χ0) is 26.2. The molecule has 3 nitrogen and oxygen atoms in total. The fourth-order valence-electron chi connectivity index (χ4n) is 6.71. The number of nitrogens with one attached hydrogen (secondary N) is 3. The molecule has 6 aromatic carbocycles. The molecule has 0 aliphatic heterocycles. The highest BCUT2D eigenvalue weighted by Gasteiger charge is 2.21. The fourth-order valence-corrected chi connectivity index (χ4v) is 6.71. The topological polar surface area (TPSA) is 47.4 Å². The van der Waals surface area contributed by atoms with E-state index in [1.54, 1.807) is 0 Å². The summed E-state index contributed by atoms with van der Waals surface area (Å²) in [5.41, 5.74) is 10.9. The Hall–Kier alpha value is -5.28. The van der Waals surface area contributed by atoms with Gasteiger partial charge in [0.25, 0.3) is 0 Å². The Morgan fingerprint density at radius 2 is 0.600 bits per heavy atom. The van der Waals surface area contributed by atoms with E-state index < -0.39 is 0 Å². The van der Waals surface area contributed by atoms with E-state index in [0.29, 0.717) is 0 Å². The third kappa shape index (κ3) is 3.12. The molecular weight excluding hydrogens is 486 g/mol. The van der Waals surface area contributed by atoms with Crippen LogP contribution in [0.15, 0.2) is 127 Å². The summed E-state index contributed by atoms with van der Waals surface area (Å²) in [5.74, 6) is 0.0780. The fraction of sp³-hybridized carbons (Fsp3) is 0.0270. The summed E-state index contributed by atoms with van der Waals surface area (Å²) in [4.78, 5) is 10.8. The van der Waals surface area contributed by atoms with E-state index in [9.17, 15) is 0 Å². The lowest BCUT2D eigenvalue weighted by Gasteiger charge is -2.20. The van der Waals surface area contributed by atoms with Crippen LogP contribution in [0.25, 0.3) is 65.4 Å². The van der Waals surface area contributed by atoms with Crippen molar-refractivity contribution in [2.45, 2.75) is 5.92 Å². The van der Waals surface area contributed by atoms with Crippen molar-refractivity contribution in [2.24, 2.45) is 0 Å². The first kappa shape index (κ1) is 21.6. The summed E-state index contributed by atoms with van der Waals surface area (Å²) in [6.07, 6.45) is 0. The summed E-state index contributed by atoms with van der Waals surface area (Å²) < 4.78 is 0. The third-order valence-corrected chi connectivity index (χ3v) is 8.59. The SMILES string of the molecule is c1ccc2c(c1)[nH]c1ccc(C(c3ccc4[nH]c5ccccc5c4c3)c3ccc4[nH]c5ccccc5c4c3)cc12. The lowest BCUT2D eigenvalue weighted by Crippen LogP contribution is -2.03. The van der Waals surface area contributed by atoms with Crippen molar-refractivity contribution in [3.05, 3.63) is 144 Å². The smallest absolute Gasteiger partial charge is 0.0465 e. The van der Waals surface area contributed by atoms with Gasteiger partial charge in [-0.3, -0.25) is 0 Å². The normalized spacial score (nSPS) is 12.2. The van der Waals surface area contributed by atoms with Gasteiger partial charge >= 0.3 is 0 Å². The molecule has 0 atom stereocenters. The number of benzene rings is 6. The summed E-state index contributed by atoms with van der Waals surface area (Å²) in [6.45, 7) is 0. The third-order valence-electron chi connectivity index (χ3n) is 8.59. The standard InChI is InChI=1S/C37H25N3/c1-4-10-31-25(7-1)28-19-22(13-16-34(28)38-31)37(23-14-17-35-29(20-23)26-8-2-5-11-32(26)39-35)24-15-18-36-30(21-24)27-9-3-6-12-33(27)40-36/h1-21,37-40H. The molecule has 3 heteroatoms. The molecule has 0 saturated heterocycles. The average Bonchev–Trinajstić information content (AvgIpc) is 3.68. The Labute approximate surface area is 230 Å². The molecule has 3 heterocycles. The van der Waals surface area contributed by atoms with Gasteiger partial charge in [-0.1, -0.05) is 72.8 Å². The van der Waals surface area contributed by atoms with Gasteiger partial charge in [0.2, 0.25) is 0 Å². The van der Waals surface area contributed by atoms with Crippen molar-refractivity contribution in [1.29, 1.82) is 0 Å². The van der Waals surface area contributed by atoms with Gasteiger partial charge in [0, 0.05) is 71.3 Å². The van der Waals surface area contributed by atoms with Crippen LogP contribution < -0.4 is 0 Å². The van der Waals surface area contributed by atoms with Gasteiger partial charge < -0.3 is 15.0 Å². The van der Waals surface area contributed by atoms with Crippen LogP contribution >= 0.6 is 0 Å². The maximum absolute atomic E-state index is 3.60. The Bertz CT molecular complexity index is 2130. The predicted octanol–water partition coefficient (Wildman–Crippen LogP) is 9.77. The Kier molecular flexibility index (Phi) is 4.39. The molecule has 0 aliphatic rings. The molecular formula is C37H25N3. The van der Waals surface area contributed by atoms with Crippen LogP contribution in [0.1, 0.15) is 22.6 Å². The molecule has 0 spiro atoms. The summed E-state index contributed by atoms with van der Waals surface area (Å²) in [7, 11) is 0. The number of fused-ring (bicyclic) bond motifs is 9. The van der Waals surface area contributed by atoms with Crippen molar-refractivity contribution in [1.82, 2.24) is 15.0 Å². The van der Waals surface area contributed by atoms with Crippen LogP contribution in [0.2, 0.25) is 0 Å². The van der Waals surface area contributed by atoms with Crippen LogP contribution in [-0.4, -0.2) is 15.0 Å². The van der Waals surface area contributed by atoms with Crippen LogP contribution in [0.4, 0.5) is 0 Å². The minimum atomic E-state index is 0.0780. The van der Waals surface area contributed by atoms with Crippen LogP contribution in [0.5, 0.6) is 0 Å². The minimum absolute atomic E-state index is 0.0780. The maximum Gasteiger partial charge on any atom is 0.0465 e. The first-order chi connectivity index (χ1) is 19.8. The molecule has 0 saturated carbocycles. The number of aromatic nitrogens is 3. The maximum atomic E-state index is 3.60. The largest absolute Gasteiger partial charge is 0.355 e. The molecule has 3 N–H and O–H groups in total. The molecule has 9 aromatic rings. The van der Waals surface area contributed by atoms with Crippen molar-refractivity contribution >= 4 is 65.4 Å². The van der Waals surface area contributed by atoms with Crippen LogP contribution in [0, 0.1) is 0 Å². The van der Waals surface area contributed by atoms with Crippen molar-refractivity contribution in [3.63, 3.8) is 0 Å². The number of hydrogen-bond donors (Lipinski definition) is 3. The number of hydrogen-bond acceptors (Lipinski definition) is 0. The lowest BCUT2D eigenvalue weighted by molar-refractivity contribution is 0.986. The van der Waals surface area contributed by atoms with Gasteiger partial charge in [0.1, 0.15) is 0 Å². The molecule has 3 aromatic heterocycles. The van der Waals surface area contributed by atoms with Gasteiger partial charge in [0.15, 0.2) is 0 Å². The van der Waals surface area contributed by atoms with E-state index >= 15 is 0 Å². The van der Waals surface area contributed by atoms with E-state index in [1.807, 2.05) is 0 Å². The molecule has 0 aliphatic carbocycles. The van der Waals surface area contributed by atoms with Gasteiger partial charge in [-0.2, -0.15) is 0 Å². The van der Waals surface area contributed by atoms with E-state index in [1.165, 1.54) is 82.1 Å². The zero-order valence-corrected chi connectivity index (χ0v) is 21.7. The summed E-state index contributed by atoms with van der Waals surface area (Å²) >= 11 is 0. The summed E-state index contributed by atoms with van der Waals surface area (Å²) in [6, 6.07) is 46.5. The summed E-state index contributed by atoms with van der Waals surface area (Å²) in [5, 5.41) is 7.57.